The molecule has 0 spiro atoms. The number of hydrogen-bond donors (Lipinski definition) is 3. The van der Waals surface area contributed by atoms with E-state index in [1.165, 1.54) is 13.8 Å². The lowest BCUT2D eigenvalue weighted by molar-refractivity contribution is -0.149. The predicted molar refractivity (Wildman–Crippen MR) is 64.5 cm³/mol. The van der Waals surface area contributed by atoms with Gasteiger partial charge in [-0.3, -0.25) is 14.4 Å². The zero-order chi connectivity index (χ0) is 13.9. The van der Waals surface area contributed by atoms with Gasteiger partial charge in [0.05, 0.1) is 11.8 Å². The van der Waals surface area contributed by atoms with Crippen LogP contribution in [0.1, 0.15) is 39.5 Å². The number of nitrogens with one attached hydrogen (secondary N) is 1. The highest BCUT2D eigenvalue weighted by molar-refractivity contribution is 5.92. The molecule has 6 heteroatoms. The van der Waals surface area contributed by atoms with Crippen molar-refractivity contribution in [2.24, 2.45) is 17.6 Å². The lowest BCUT2D eigenvalue weighted by Crippen LogP contribution is -2.55. The van der Waals surface area contributed by atoms with Crippen molar-refractivity contribution < 1.29 is 19.5 Å². The highest BCUT2D eigenvalue weighted by atomic mass is 16.4. The summed E-state index contributed by atoms with van der Waals surface area (Å²) in [5.74, 6) is -3.23. The van der Waals surface area contributed by atoms with Gasteiger partial charge in [-0.05, 0) is 26.7 Å². The van der Waals surface area contributed by atoms with E-state index in [2.05, 4.69) is 5.32 Å². The standard InChI is InChI=1S/C12H20N2O4/c1-12(2,11(13)18)14-9(15)7-5-3-4-6-8(7)10(16)17/h7-8H,3-6H2,1-2H3,(H2,13,18)(H,14,15)(H,16,17). The van der Waals surface area contributed by atoms with E-state index >= 15 is 0 Å². The molecular formula is C12H20N2O4. The second-order valence-corrected chi connectivity index (χ2v) is 5.31. The molecule has 2 amide bonds. The molecule has 2 atom stereocenters. The quantitative estimate of drug-likeness (QED) is 0.670. The second kappa shape index (κ2) is 5.37. The largest absolute Gasteiger partial charge is 0.481 e. The first-order valence-corrected chi connectivity index (χ1v) is 6.10. The summed E-state index contributed by atoms with van der Waals surface area (Å²) in [7, 11) is 0. The summed E-state index contributed by atoms with van der Waals surface area (Å²) in [5, 5.41) is 11.6. The van der Waals surface area contributed by atoms with Gasteiger partial charge in [0.15, 0.2) is 0 Å². The zero-order valence-corrected chi connectivity index (χ0v) is 10.7. The summed E-state index contributed by atoms with van der Waals surface area (Å²) in [6.07, 6.45) is 2.70. The third kappa shape index (κ3) is 3.21. The first-order chi connectivity index (χ1) is 8.25. The van der Waals surface area contributed by atoms with Crippen molar-refractivity contribution in [1.29, 1.82) is 0 Å². The van der Waals surface area contributed by atoms with E-state index in [-0.39, 0.29) is 0 Å². The second-order valence-electron chi connectivity index (χ2n) is 5.31. The van der Waals surface area contributed by atoms with Crippen LogP contribution in [-0.4, -0.2) is 28.4 Å². The van der Waals surface area contributed by atoms with Crippen LogP contribution in [0.3, 0.4) is 0 Å². The smallest absolute Gasteiger partial charge is 0.307 e. The van der Waals surface area contributed by atoms with E-state index in [1.807, 2.05) is 0 Å². The minimum atomic E-state index is -1.16. The van der Waals surface area contributed by atoms with Crippen LogP contribution in [0.15, 0.2) is 0 Å². The van der Waals surface area contributed by atoms with Crippen molar-refractivity contribution in [3.63, 3.8) is 0 Å². The van der Waals surface area contributed by atoms with Crippen LogP contribution in [0.25, 0.3) is 0 Å². The van der Waals surface area contributed by atoms with Gasteiger partial charge in [-0.1, -0.05) is 12.8 Å². The highest BCUT2D eigenvalue weighted by Crippen LogP contribution is 2.30. The lowest BCUT2D eigenvalue weighted by atomic mass is 9.78. The molecule has 0 aromatic heterocycles. The number of carboxylic acids is 1. The average molecular weight is 256 g/mol. The lowest BCUT2D eigenvalue weighted by Gasteiger charge is -2.31. The Morgan fingerprint density at radius 2 is 1.67 bits per heavy atom. The molecule has 4 N–H and O–H groups in total. The van der Waals surface area contributed by atoms with Gasteiger partial charge in [0.1, 0.15) is 5.54 Å². The van der Waals surface area contributed by atoms with E-state index < -0.39 is 35.2 Å². The fourth-order valence-corrected chi connectivity index (χ4v) is 2.20. The van der Waals surface area contributed by atoms with Crippen LogP contribution >= 0.6 is 0 Å². The summed E-state index contributed by atoms with van der Waals surface area (Å²) in [4.78, 5) is 34.3. The first kappa shape index (κ1) is 14.5. The maximum atomic E-state index is 12.1. The molecule has 1 saturated carbocycles. The van der Waals surface area contributed by atoms with E-state index in [0.717, 1.165) is 12.8 Å². The van der Waals surface area contributed by atoms with Gasteiger partial charge >= 0.3 is 5.97 Å². The van der Waals surface area contributed by atoms with Crippen LogP contribution in [-0.2, 0) is 14.4 Å². The van der Waals surface area contributed by atoms with Crippen LogP contribution in [0.4, 0.5) is 0 Å². The average Bonchev–Trinajstić information content (AvgIpc) is 2.28. The molecule has 0 bridgehead atoms. The molecule has 0 aromatic carbocycles. The van der Waals surface area contributed by atoms with Crippen molar-refractivity contribution in [1.82, 2.24) is 5.32 Å². The third-order valence-electron chi connectivity index (χ3n) is 3.47. The molecule has 0 radical (unpaired) electrons. The fraction of sp³-hybridized carbons (Fsp3) is 0.750. The van der Waals surface area contributed by atoms with Crippen molar-refractivity contribution >= 4 is 17.8 Å². The minimum absolute atomic E-state index is 0.397. The van der Waals surface area contributed by atoms with Crippen LogP contribution < -0.4 is 11.1 Å². The van der Waals surface area contributed by atoms with E-state index in [4.69, 9.17) is 10.8 Å². The van der Waals surface area contributed by atoms with Gasteiger partial charge < -0.3 is 16.2 Å². The fourth-order valence-electron chi connectivity index (χ4n) is 2.20. The first-order valence-electron chi connectivity index (χ1n) is 6.10. The van der Waals surface area contributed by atoms with Crippen molar-refractivity contribution in [2.45, 2.75) is 45.1 Å². The van der Waals surface area contributed by atoms with Gasteiger partial charge in [0.2, 0.25) is 11.8 Å². The van der Waals surface area contributed by atoms with Crippen molar-refractivity contribution in [2.75, 3.05) is 0 Å². The number of carboxylic acid groups (broad SMARTS) is 1. The van der Waals surface area contributed by atoms with Gasteiger partial charge in [0, 0.05) is 0 Å². The van der Waals surface area contributed by atoms with Gasteiger partial charge in [-0.25, -0.2) is 0 Å². The maximum Gasteiger partial charge on any atom is 0.307 e. The maximum absolute atomic E-state index is 12.1. The zero-order valence-electron chi connectivity index (χ0n) is 10.7. The molecule has 0 heterocycles. The Bertz CT molecular complexity index is 365. The number of aliphatic carboxylic acids is 1. The topological polar surface area (TPSA) is 109 Å². The number of amides is 2. The van der Waals surface area contributed by atoms with E-state index in [0.29, 0.717) is 12.8 Å². The summed E-state index contributed by atoms with van der Waals surface area (Å²) in [6, 6.07) is 0. The molecule has 0 aliphatic heterocycles. The highest BCUT2D eigenvalue weighted by Gasteiger charge is 2.38. The summed E-state index contributed by atoms with van der Waals surface area (Å²) in [6.45, 7) is 3.01. The number of carbonyl (C=O) groups is 3. The Hall–Kier alpha value is -1.59. The van der Waals surface area contributed by atoms with Crippen LogP contribution in [0.5, 0.6) is 0 Å². The summed E-state index contributed by atoms with van der Waals surface area (Å²) in [5.41, 5.74) is 4.02. The minimum Gasteiger partial charge on any atom is -0.481 e. The molecule has 0 saturated heterocycles. The number of hydrogen-bond acceptors (Lipinski definition) is 3. The Morgan fingerprint density at radius 1 is 1.17 bits per heavy atom. The van der Waals surface area contributed by atoms with Gasteiger partial charge in [-0.2, -0.15) is 0 Å². The van der Waals surface area contributed by atoms with Crippen LogP contribution in [0, 0.1) is 11.8 Å². The molecule has 18 heavy (non-hydrogen) atoms. The summed E-state index contributed by atoms with van der Waals surface area (Å²) >= 11 is 0. The van der Waals surface area contributed by atoms with Crippen LogP contribution in [0.2, 0.25) is 0 Å². The van der Waals surface area contributed by atoms with Gasteiger partial charge in [0.25, 0.3) is 0 Å². The number of carbonyl (C=O) groups excluding carboxylic acids is 2. The molecule has 2 unspecified atom stereocenters. The Balaban J connectivity index is 2.75. The molecule has 1 aliphatic rings. The molecular weight excluding hydrogens is 236 g/mol. The van der Waals surface area contributed by atoms with Crippen molar-refractivity contribution in [3.05, 3.63) is 0 Å². The SMILES string of the molecule is CC(C)(NC(=O)C1CCCCC1C(=O)O)C(N)=O. The third-order valence-corrected chi connectivity index (χ3v) is 3.47. The Kier molecular flexibility index (Phi) is 4.32. The molecule has 1 rings (SSSR count). The summed E-state index contributed by atoms with van der Waals surface area (Å²) < 4.78 is 0. The van der Waals surface area contributed by atoms with E-state index in [1.54, 1.807) is 0 Å². The Morgan fingerprint density at radius 3 is 2.11 bits per heavy atom. The molecule has 6 nitrogen and oxygen atoms in total. The molecule has 1 aliphatic carbocycles. The number of nitrogens with two attached hydrogens (primary N) is 1. The predicted octanol–water partition coefficient (Wildman–Crippen LogP) is 0.258. The Labute approximate surface area is 106 Å². The number of primary amides is 1. The van der Waals surface area contributed by atoms with Crippen molar-refractivity contribution in [3.8, 4) is 0 Å². The monoisotopic (exact) mass is 256 g/mol. The normalized spacial score (nSPS) is 24.3. The molecule has 0 aromatic rings. The molecule has 102 valence electrons. The van der Waals surface area contributed by atoms with E-state index in [9.17, 15) is 14.4 Å². The molecule has 1 fully saturated rings. The van der Waals surface area contributed by atoms with Gasteiger partial charge in [-0.15, -0.1) is 0 Å². The number of rotatable bonds is 4.